The summed E-state index contributed by atoms with van der Waals surface area (Å²) in [7, 11) is 0. The Morgan fingerprint density at radius 1 is 1.35 bits per heavy atom. The molecule has 0 unspecified atom stereocenters. The first kappa shape index (κ1) is 18.1. The van der Waals surface area contributed by atoms with Gasteiger partial charge in [0.15, 0.2) is 6.04 Å². The molecule has 1 fully saturated rings. The second-order valence-corrected chi connectivity index (χ2v) is 6.62. The third-order valence-corrected chi connectivity index (χ3v) is 4.92. The van der Waals surface area contributed by atoms with Crippen LogP contribution >= 0.6 is 11.6 Å². The second-order valence-electron chi connectivity index (χ2n) is 6.21. The molecule has 1 aliphatic heterocycles. The molecule has 1 aliphatic rings. The standard InChI is InChI=1S/C18H19ClN6O/c1-13(17(26)23-15-4-3-14(12-20)16(19)11-15)24-7-9-25(10-8-24)18-21-5-2-6-22-18/h2-6,11,13H,7-10H2,1H3,(H,23,26)/p+1/t13-/m1/s1. The average molecular weight is 372 g/mol. The zero-order valence-electron chi connectivity index (χ0n) is 14.4. The van der Waals surface area contributed by atoms with Crippen molar-refractivity contribution >= 4 is 29.1 Å². The Hall–Kier alpha value is -2.69. The lowest BCUT2D eigenvalue weighted by Gasteiger charge is -2.34. The van der Waals surface area contributed by atoms with E-state index < -0.39 is 0 Å². The van der Waals surface area contributed by atoms with Crippen LogP contribution in [-0.4, -0.2) is 48.1 Å². The van der Waals surface area contributed by atoms with Gasteiger partial charge in [0.25, 0.3) is 5.91 Å². The number of aromatic nitrogens is 2. The normalized spacial score (nSPS) is 16.0. The molecule has 1 amide bonds. The number of anilines is 2. The van der Waals surface area contributed by atoms with E-state index in [1.807, 2.05) is 13.0 Å². The van der Waals surface area contributed by atoms with Crippen molar-refractivity contribution in [2.24, 2.45) is 0 Å². The summed E-state index contributed by atoms with van der Waals surface area (Å²) in [6.45, 7) is 5.20. The van der Waals surface area contributed by atoms with Gasteiger partial charge in [0.1, 0.15) is 6.07 Å². The monoisotopic (exact) mass is 371 g/mol. The molecule has 8 heteroatoms. The lowest BCUT2D eigenvalue weighted by Crippen LogP contribution is -3.19. The van der Waals surface area contributed by atoms with Crippen molar-refractivity contribution in [3.05, 3.63) is 47.2 Å². The van der Waals surface area contributed by atoms with Gasteiger partial charge in [-0.1, -0.05) is 11.6 Å². The summed E-state index contributed by atoms with van der Waals surface area (Å²) in [5.41, 5.74) is 0.990. The van der Waals surface area contributed by atoms with E-state index in [2.05, 4.69) is 20.2 Å². The van der Waals surface area contributed by atoms with Gasteiger partial charge in [-0.05, 0) is 31.2 Å². The summed E-state index contributed by atoms with van der Waals surface area (Å²) >= 11 is 6.02. The number of nitriles is 1. The average Bonchev–Trinajstić information content (AvgIpc) is 2.68. The first-order chi connectivity index (χ1) is 12.6. The van der Waals surface area contributed by atoms with E-state index in [-0.39, 0.29) is 11.9 Å². The number of rotatable bonds is 4. The Kier molecular flexibility index (Phi) is 5.66. The summed E-state index contributed by atoms with van der Waals surface area (Å²) in [5, 5.41) is 12.1. The maximum atomic E-state index is 12.6. The maximum absolute atomic E-state index is 12.6. The van der Waals surface area contributed by atoms with Gasteiger partial charge in [-0.15, -0.1) is 0 Å². The van der Waals surface area contributed by atoms with Crippen LogP contribution in [0.1, 0.15) is 12.5 Å². The molecule has 2 N–H and O–H groups in total. The third kappa shape index (κ3) is 4.10. The molecule has 2 aromatic rings. The van der Waals surface area contributed by atoms with Gasteiger partial charge in [0.05, 0.1) is 36.8 Å². The van der Waals surface area contributed by atoms with Crippen molar-refractivity contribution in [3.63, 3.8) is 0 Å². The highest BCUT2D eigenvalue weighted by Gasteiger charge is 2.30. The minimum atomic E-state index is -0.191. The van der Waals surface area contributed by atoms with Crippen molar-refractivity contribution < 1.29 is 9.69 Å². The number of benzene rings is 1. The van der Waals surface area contributed by atoms with Gasteiger partial charge in [0, 0.05) is 18.1 Å². The highest BCUT2D eigenvalue weighted by Crippen LogP contribution is 2.20. The van der Waals surface area contributed by atoms with Crippen molar-refractivity contribution in [2.45, 2.75) is 13.0 Å². The maximum Gasteiger partial charge on any atom is 0.282 e. The molecule has 134 valence electrons. The first-order valence-electron chi connectivity index (χ1n) is 8.45. The molecule has 1 aromatic heterocycles. The molecule has 0 aliphatic carbocycles. The minimum absolute atomic E-state index is 0.0646. The van der Waals surface area contributed by atoms with E-state index in [9.17, 15) is 4.79 Å². The van der Waals surface area contributed by atoms with Crippen molar-refractivity contribution in [2.75, 3.05) is 36.4 Å². The molecule has 1 atom stereocenters. The largest absolute Gasteiger partial charge is 0.330 e. The van der Waals surface area contributed by atoms with Crippen LogP contribution in [0, 0.1) is 11.3 Å². The molecule has 1 saturated heterocycles. The molecule has 0 radical (unpaired) electrons. The fourth-order valence-electron chi connectivity index (χ4n) is 3.00. The smallest absolute Gasteiger partial charge is 0.282 e. The number of hydrogen-bond acceptors (Lipinski definition) is 5. The van der Waals surface area contributed by atoms with Gasteiger partial charge in [-0.25, -0.2) is 9.97 Å². The quantitative estimate of drug-likeness (QED) is 0.827. The SMILES string of the molecule is C[C@H](C(=O)Nc1ccc(C#N)c(Cl)c1)[NH+]1CCN(c2ncccn2)CC1. The van der Waals surface area contributed by atoms with Crippen molar-refractivity contribution in [1.82, 2.24) is 9.97 Å². The van der Waals surface area contributed by atoms with Crippen LogP contribution in [0.3, 0.4) is 0 Å². The summed E-state index contributed by atoms with van der Waals surface area (Å²) < 4.78 is 0. The molecule has 26 heavy (non-hydrogen) atoms. The second kappa shape index (κ2) is 8.13. The summed E-state index contributed by atoms with van der Waals surface area (Å²) in [6, 6.07) is 8.51. The summed E-state index contributed by atoms with van der Waals surface area (Å²) in [4.78, 5) is 24.5. The predicted octanol–water partition coefficient (Wildman–Crippen LogP) is 0.734. The van der Waals surface area contributed by atoms with Gasteiger partial charge in [0.2, 0.25) is 5.95 Å². The third-order valence-electron chi connectivity index (χ3n) is 4.60. The summed E-state index contributed by atoms with van der Waals surface area (Å²) in [5.74, 6) is 0.668. The first-order valence-corrected chi connectivity index (χ1v) is 8.83. The number of nitrogens with one attached hydrogen (secondary N) is 2. The van der Waals surface area contributed by atoms with E-state index in [0.29, 0.717) is 16.3 Å². The van der Waals surface area contributed by atoms with Crippen molar-refractivity contribution in [3.8, 4) is 6.07 Å². The van der Waals surface area contributed by atoms with Crippen LogP contribution in [0.2, 0.25) is 5.02 Å². The van der Waals surface area contributed by atoms with Crippen LogP contribution in [0.5, 0.6) is 0 Å². The summed E-state index contributed by atoms with van der Waals surface area (Å²) in [6.07, 6.45) is 3.47. The molecule has 0 bridgehead atoms. The number of amides is 1. The Balaban J connectivity index is 1.56. The number of carbonyl (C=O) groups excluding carboxylic acids is 1. The van der Waals surface area contributed by atoms with E-state index in [1.165, 1.54) is 4.90 Å². The highest BCUT2D eigenvalue weighted by atomic mass is 35.5. The zero-order valence-corrected chi connectivity index (χ0v) is 15.2. The predicted molar refractivity (Wildman–Crippen MR) is 99.2 cm³/mol. The molecule has 7 nitrogen and oxygen atoms in total. The molecule has 2 heterocycles. The minimum Gasteiger partial charge on any atom is -0.330 e. The van der Waals surface area contributed by atoms with Gasteiger partial charge in [-0.3, -0.25) is 4.79 Å². The Morgan fingerprint density at radius 3 is 2.65 bits per heavy atom. The highest BCUT2D eigenvalue weighted by molar-refractivity contribution is 6.32. The van der Waals surface area contributed by atoms with Crippen LogP contribution < -0.4 is 15.1 Å². The molecular weight excluding hydrogens is 352 g/mol. The van der Waals surface area contributed by atoms with E-state index in [0.717, 1.165) is 32.1 Å². The molecule has 0 saturated carbocycles. The van der Waals surface area contributed by atoms with Gasteiger partial charge >= 0.3 is 0 Å². The van der Waals surface area contributed by atoms with Gasteiger partial charge in [-0.2, -0.15) is 5.26 Å². The van der Waals surface area contributed by atoms with Crippen molar-refractivity contribution in [1.29, 1.82) is 5.26 Å². The lowest BCUT2D eigenvalue weighted by molar-refractivity contribution is -0.914. The lowest BCUT2D eigenvalue weighted by atomic mass is 10.2. The number of hydrogen-bond donors (Lipinski definition) is 2. The molecule has 1 aromatic carbocycles. The molecule has 3 rings (SSSR count). The molecular formula is C18H20ClN6O+. The zero-order chi connectivity index (χ0) is 18.5. The van der Waals surface area contributed by atoms with Crippen LogP contribution in [-0.2, 0) is 4.79 Å². The Labute approximate surface area is 157 Å². The fraction of sp³-hybridized carbons (Fsp3) is 0.333. The van der Waals surface area contributed by atoms with Crippen LogP contribution in [0.25, 0.3) is 0 Å². The fourth-order valence-corrected chi connectivity index (χ4v) is 3.22. The van der Waals surface area contributed by atoms with Gasteiger partial charge < -0.3 is 15.1 Å². The Morgan fingerprint density at radius 2 is 2.04 bits per heavy atom. The van der Waals surface area contributed by atoms with E-state index in [1.54, 1.807) is 36.7 Å². The number of piperazine rings is 1. The molecule has 0 spiro atoms. The number of quaternary nitrogens is 1. The van der Waals surface area contributed by atoms with Crippen LogP contribution in [0.4, 0.5) is 11.6 Å². The topological polar surface area (TPSA) is 86.4 Å². The number of nitrogens with zero attached hydrogens (tertiary/aromatic N) is 4. The van der Waals surface area contributed by atoms with Crippen LogP contribution in [0.15, 0.2) is 36.7 Å². The number of halogens is 1. The van der Waals surface area contributed by atoms with E-state index >= 15 is 0 Å². The van der Waals surface area contributed by atoms with E-state index in [4.69, 9.17) is 16.9 Å². The number of carbonyl (C=O) groups is 1. The Bertz CT molecular complexity index is 814.